The number of nitrogens with one attached hydrogen (secondary N) is 1. The van der Waals surface area contributed by atoms with E-state index in [9.17, 15) is 17.6 Å². The second-order valence-electron chi connectivity index (χ2n) is 6.51. The van der Waals surface area contributed by atoms with E-state index in [-0.39, 0.29) is 12.2 Å². The molecule has 0 saturated carbocycles. The Morgan fingerprint density at radius 2 is 1.93 bits per heavy atom. The van der Waals surface area contributed by atoms with Crippen molar-refractivity contribution < 1.29 is 17.6 Å². The molecule has 0 saturated heterocycles. The smallest absolute Gasteiger partial charge is 0.243 e. The molecule has 1 atom stereocenters. The minimum atomic E-state index is -3.72. The van der Waals surface area contributed by atoms with E-state index in [4.69, 9.17) is 23.2 Å². The lowest BCUT2D eigenvalue weighted by Crippen LogP contribution is -2.49. The molecule has 0 spiro atoms. The summed E-state index contributed by atoms with van der Waals surface area (Å²) in [6.07, 6.45) is 1.33. The third kappa shape index (κ3) is 6.77. The Hall–Kier alpha value is -1.48. The van der Waals surface area contributed by atoms with Crippen molar-refractivity contribution in [3.63, 3.8) is 0 Å². The van der Waals surface area contributed by atoms with Gasteiger partial charge in [-0.05, 0) is 36.8 Å². The van der Waals surface area contributed by atoms with Crippen molar-refractivity contribution in [2.24, 2.45) is 0 Å². The fourth-order valence-electron chi connectivity index (χ4n) is 2.88. The van der Waals surface area contributed by atoms with Crippen molar-refractivity contribution in [1.29, 1.82) is 0 Å². The summed E-state index contributed by atoms with van der Waals surface area (Å²) in [7, 11) is -3.72. The zero-order valence-electron chi connectivity index (χ0n) is 16.6. The fraction of sp³-hybridized carbons (Fsp3) is 0.350. The number of hydrogen-bond acceptors (Lipinski definition) is 4. The summed E-state index contributed by atoms with van der Waals surface area (Å²) in [6, 6.07) is 9.98. The Balaban J connectivity index is 1.99. The van der Waals surface area contributed by atoms with Crippen LogP contribution in [0, 0.1) is 5.82 Å². The average Bonchev–Trinajstić information content (AvgIpc) is 2.66. The fourth-order valence-corrected chi connectivity index (χ4v) is 5.47. The Morgan fingerprint density at radius 1 is 1.23 bits per heavy atom. The monoisotopic (exact) mass is 492 g/mol. The van der Waals surface area contributed by atoms with Gasteiger partial charge < -0.3 is 5.32 Å². The third-order valence-corrected chi connectivity index (χ3v) is 7.00. The van der Waals surface area contributed by atoms with Crippen LogP contribution in [0.4, 0.5) is 10.1 Å². The molecule has 1 N–H and O–H groups in total. The lowest BCUT2D eigenvalue weighted by molar-refractivity contribution is -0.122. The number of rotatable bonds is 10. The first-order chi connectivity index (χ1) is 14.1. The van der Waals surface area contributed by atoms with Gasteiger partial charge in [-0.15, -0.1) is 0 Å². The van der Waals surface area contributed by atoms with Crippen LogP contribution < -0.4 is 9.62 Å². The predicted molar refractivity (Wildman–Crippen MR) is 123 cm³/mol. The maximum Gasteiger partial charge on any atom is 0.243 e. The lowest BCUT2D eigenvalue weighted by atomic mass is 10.2. The van der Waals surface area contributed by atoms with E-state index in [1.807, 2.05) is 0 Å². The predicted octanol–water partition coefficient (Wildman–Crippen LogP) is 4.73. The van der Waals surface area contributed by atoms with Gasteiger partial charge in [0, 0.05) is 33.7 Å². The zero-order chi connectivity index (χ0) is 22.3. The van der Waals surface area contributed by atoms with Gasteiger partial charge in [0.05, 0.1) is 11.9 Å². The number of amides is 1. The molecule has 2 aromatic rings. The van der Waals surface area contributed by atoms with Crippen LogP contribution in [-0.4, -0.2) is 38.9 Å². The van der Waals surface area contributed by atoms with Gasteiger partial charge in [0.15, 0.2) is 0 Å². The number of nitrogens with zero attached hydrogens (tertiary/aromatic N) is 1. The zero-order valence-corrected chi connectivity index (χ0v) is 19.7. The molecule has 30 heavy (non-hydrogen) atoms. The molecule has 0 bridgehead atoms. The van der Waals surface area contributed by atoms with Crippen molar-refractivity contribution in [3.8, 4) is 0 Å². The lowest BCUT2D eigenvalue weighted by Gasteiger charge is -2.30. The van der Waals surface area contributed by atoms with E-state index in [1.165, 1.54) is 23.9 Å². The van der Waals surface area contributed by atoms with Crippen LogP contribution in [0.2, 0.25) is 10.0 Å². The Bertz CT molecular complexity index is 970. The van der Waals surface area contributed by atoms with Crippen LogP contribution in [0.5, 0.6) is 0 Å². The molecule has 0 unspecified atom stereocenters. The molecule has 2 aromatic carbocycles. The highest BCUT2D eigenvalue weighted by Gasteiger charge is 2.31. The molecule has 5 nitrogen and oxygen atoms in total. The van der Waals surface area contributed by atoms with Crippen LogP contribution in [0.1, 0.15) is 18.9 Å². The van der Waals surface area contributed by atoms with E-state index in [1.54, 1.807) is 37.3 Å². The largest absolute Gasteiger partial charge is 0.353 e. The van der Waals surface area contributed by atoms with Crippen LogP contribution >= 0.6 is 35.0 Å². The van der Waals surface area contributed by atoms with E-state index in [0.29, 0.717) is 39.3 Å². The molecule has 1 amide bonds. The van der Waals surface area contributed by atoms with Crippen LogP contribution in [0.3, 0.4) is 0 Å². The van der Waals surface area contributed by atoms with Crippen LogP contribution in [-0.2, 0) is 20.6 Å². The highest BCUT2D eigenvalue weighted by molar-refractivity contribution is 7.98. The first-order valence-electron chi connectivity index (χ1n) is 9.18. The van der Waals surface area contributed by atoms with Crippen molar-refractivity contribution in [1.82, 2.24) is 5.32 Å². The van der Waals surface area contributed by atoms with Gasteiger partial charge in [-0.1, -0.05) is 42.3 Å². The normalized spacial score (nSPS) is 12.4. The third-order valence-electron chi connectivity index (χ3n) is 4.25. The number of halogens is 3. The topological polar surface area (TPSA) is 66.5 Å². The van der Waals surface area contributed by atoms with E-state index in [0.717, 1.165) is 10.6 Å². The maximum absolute atomic E-state index is 13.8. The number of anilines is 1. The van der Waals surface area contributed by atoms with Gasteiger partial charge >= 0.3 is 0 Å². The maximum atomic E-state index is 13.8. The van der Waals surface area contributed by atoms with Crippen molar-refractivity contribution in [3.05, 3.63) is 63.9 Å². The van der Waals surface area contributed by atoms with E-state index < -0.39 is 22.0 Å². The number of carbonyl (C=O) groups excluding carboxylic acids is 1. The Labute approximate surface area is 191 Å². The molecule has 10 heteroatoms. The van der Waals surface area contributed by atoms with Crippen LogP contribution in [0.25, 0.3) is 0 Å². The van der Waals surface area contributed by atoms with Crippen molar-refractivity contribution in [2.75, 3.05) is 22.9 Å². The van der Waals surface area contributed by atoms with E-state index >= 15 is 0 Å². The van der Waals surface area contributed by atoms with Crippen LogP contribution in [0.15, 0.2) is 42.5 Å². The van der Waals surface area contributed by atoms with Crippen molar-refractivity contribution >= 4 is 56.6 Å². The highest BCUT2D eigenvalue weighted by Crippen LogP contribution is 2.26. The van der Waals surface area contributed by atoms with Gasteiger partial charge in [0.25, 0.3) is 0 Å². The van der Waals surface area contributed by atoms with Gasteiger partial charge in [0.2, 0.25) is 15.9 Å². The quantitative estimate of drug-likeness (QED) is 0.487. The number of hydrogen-bond donors (Lipinski definition) is 1. The minimum Gasteiger partial charge on any atom is -0.353 e. The number of thioether (sulfide) groups is 1. The Kier molecular flexibility index (Phi) is 9.28. The SMILES string of the molecule is CC[C@H](C(=O)NCCSCc1c(F)cccc1Cl)N(c1cccc(Cl)c1)S(C)(=O)=O. The summed E-state index contributed by atoms with van der Waals surface area (Å²) >= 11 is 13.4. The molecular weight excluding hydrogens is 470 g/mol. The molecule has 0 aliphatic carbocycles. The number of benzene rings is 2. The van der Waals surface area contributed by atoms with Gasteiger partial charge in [-0.2, -0.15) is 11.8 Å². The molecular formula is C20H23Cl2FN2O3S2. The molecule has 0 aromatic heterocycles. The minimum absolute atomic E-state index is 0.281. The summed E-state index contributed by atoms with van der Waals surface area (Å²) in [4.78, 5) is 12.7. The van der Waals surface area contributed by atoms with Gasteiger partial charge in [-0.25, -0.2) is 12.8 Å². The summed E-state index contributed by atoms with van der Waals surface area (Å²) in [6.45, 7) is 2.04. The van der Waals surface area contributed by atoms with Crippen molar-refractivity contribution in [2.45, 2.75) is 25.1 Å². The second-order valence-corrected chi connectivity index (χ2v) is 10.3. The second kappa shape index (κ2) is 11.2. The molecule has 164 valence electrons. The molecule has 0 aliphatic rings. The molecule has 0 aliphatic heterocycles. The van der Waals surface area contributed by atoms with Gasteiger partial charge in [0.1, 0.15) is 11.9 Å². The summed E-state index contributed by atoms with van der Waals surface area (Å²) in [5.41, 5.74) is 0.752. The Morgan fingerprint density at radius 3 is 2.53 bits per heavy atom. The average molecular weight is 493 g/mol. The summed E-state index contributed by atoms with van der Waals surface area (Å²) < 4.78 is 39.7. The molecule has 2 rings (SSSR count). The first kappa shape index (κ1) is 24.8. The summed E-state index contributed by atoms with van der Waals surface area (Å²) in [5.74, 6) is 0.113. The molecule has 0 radical (unpaired) electrons. The number of sulfonamides is 1. The molecule has 0 fully saturated rings. The number of carbonyl (C=O) groups is 1. The van der Waals surface area contributed by atoms with E-state index in [2.05, 4.69) is 5.32 Å². The summed E-state index contributed by atoms with van der Waals surface area (Å²) in [5, 5.41) is 3.50. The highest BCUT2D eigenvalue weighted by atomic mass is 35.5. The molecule has 0 heterocycles. The standard InChI is InChI=1S/C20H23Cl2FN2O3S2/c1-3-19(25(30(2,27)28)15-7-4-6-14(21)12-15)20(26)24-10-11-29-13-16-17(22)8-5-9-18(16)23/h4-9,12,19H,3,10-11,13H2,1-2H3,(H,24,26)/t19-/m1/s1. The first-order valence-corrected chi connectivity index (χ1v) is 12.9. The van der Waals surface area contributed by atoms with Gasteiger partial charge in [-0.3, -0.25) is 9.10 Å².